The Morgan fingerprint density at radius 1 is 0.828 bits per heavy atom. The smallest absolute Gasteiger partial charge is 0.417 e. The second kappa shape index (κ2) is 8.49. The fourth-order valence-corrected chi connectivity index (χ4v) is 3.79. The molecule has 2 rings (SSSR count). The summed E-state index contributed by atoms with van der Waals surface area (Å²) in [7, 11) is 2.68. The summed E-state index contributed by atoms with van der Waals surface area (Å²) < 4.78 is 95.2. The molecule has 0 fully saturated rings. The molecule has 158 valence electrons. The molecule has 0 aromatic heterocycles. The SMILES string of the molecule is COc1cc(OC)c(PC(=O)c2c(C(F)(F)F)cccc2C(F)(F)F)c(OC)c1. The van der Waals surface area contributed by atoms with E-state index in [1.807, 2.05) is 0 Å². The number of hydrogen-bond acceptors (Lipinski definition) is 4. The second-order valence-electron chi connectivity index (χ2n) is 5.58. The van der Waals surface area contributed by atoms with E-state index in [-0.39, 0.29) is 22.6 Å². The minimum Gasteiger partial charge on any atom is -0.496 e. The minimum atomic E-state index is -5.15. The maximum absolute atomic E-state index is 13.3. The lowest BCUT2D eigenvalue weighted by Gasteiger charge is -2.19. The van der Waals surface area contributed by atoms with Crippen molar-refractivity contribution in [1.29, 1.82) is 0 Å². The lowest BCUT2D eigenvalue weighted by molar-refractivity contribution is -0.143. The van der Waals surface area contributed by atoms with E-state index >= 15 is 0 Å². The molecule has 0 aliphatic rings. The van der Waals surface area contributed by atoms with Gasteiger partial charge in [-0.2, -0.15) is 26.3 Å². The Morgan fingerprint density at radius 3 is 1.62 bits per heavy atom. The Hall–Kier alpha value is -2.48. The molecule has 2 aromatic carbocycles. The number of rotatable bonds is 6. The van der Waals surface area contributed by atoms with Crippen molar-refractivity contribution in [3.63, 3.8) is 0 Å². The average molecular weight is 440 g/mol. The van der Waals surface area contributed by atoms with Gasteiger partial charge < -0.3 is 14.2 Å². The summed E-state index contributed by atoms with van der Waals surface area (Å²) in [4.78, 5) is 12.7. The quantitative estimate of drug-likeness (QED) is 0.474. The van der Waals surface area contributed by atoms with Crippen LogP contribution in [0.2, 0.25) is 0 Å². The van der Waals surface area contributed by atoms with Gasteiger partial charge in [0, 0.05) is 17.7 Å². The molecule has 0 spiro atoms. The van der Waals surface area contributed by atoms with Gasteiger partial charge in [0.2, 0.25) is 0 Å². The normalized spacial score (nSPS) is 12.3. The number of carbonyl (C=O) groups excluding carboxylic acids is 1. The number of alkyl halides is 6. The molecule has 0 amide bonds. The van der Waals surface area contributed by atoms with Gasteiger partial charge >= 0.3 is 12.4 Å². The summed E-state index contributed by atoms with van der Waals surface area (Å²) in [6.45, 7) is 0. The van der Waals surface area contributed by atoms with Crippen molar-refractivity contribution >= 4 is 19.4 Å². The van der Waals surface area contributed by atoms with Crippen molar-refractivity contribution in [2.24, 2.45) is 0 Å². The van der Waals surface area contributed by atoms with E-state index in [0.29, 0.717) is 18.2 Å². The second-order valence-corrected chi connectivity index (χ2v) is 6.79. The molecule has 0 saturated heterocycles. The molecular formula is C18H15F6O4P. The molecule has 0 saturated carbocycles. The highest BCUT2D eigenvalue weighted by Gasteiger charge is 2.42. The number of halogens is 6. The highest BCUT2D eigenvalue weighted by Crippen LogP contribution is 2.43. The molecule has 0 heterocycles. The molecule has 0 aliphatic carbocycles. The Kier molecular flexibility index (Phi) is 6.67. The predicted molar refractivity (Wildman–Crippen MR) is 94.8 cm³/mol. The molecule has 1 atom stereocenters. The molecule has 0 aliphatic heterocycles. The van der Waals surface area contributed by atoms with Crippen LogP contribution in [-0.2, 0) is 12.4 Å². The number of carbonyl (C=O) groups is 1. The van der Waals surface area contributed by atoms with Gasteiger partial charge in [-0.15, -0.1) is 0 Å². The average Bonchev–Trinajstić information content (AvgIpc) is 2.65. The van der Waals surface area contributed by atoms with Gasteiger partial charge in [0.15, 0.2) is 5.52 Å². The molecule has 2 aromatic rings. The van der Waals surface area contributed by atoms with Crippen molar-refractivity contribution in [1.82, 2.24) is 0 Å². The van der Waals surface area contributed by atoms with Crippen LogP contribution in [0.15, 0.2) is 30.3 Å². The lowest BCUT2D eigenvalue weighted by atomic mass is 10.0. The Balaban J connectivity index is 2.66. The van der Waals surface area contributed by atoms with Crippen LogP contribution in [0.1, 0.15) is 21.5 Å². The largest absolute Gasteiger partial charge is 0.496 e. The van der Waals surface area contributed by atoms with Crippen LogP contribution in [-0.4, -0.2) is 26.9 Å². The van der Waals surface area contributed by atoms with Crippen LogP contribution in [0.4, 0.5) is 26.3 Å². The molecular weight excluding hydrogens is 425 g/mol. The summed E-state index contributed by atoms with van der Waals surface area (Å²) in [5.74, 6) is 0.336. The first-order chi connectivity index (χ1) is 13.4. The fraction of sp³-hybridized carbons (Fsp3) is 0.278. The van der Waals surface area contributed by atoms with Crippen LogP contribution in [0.3, 0.4) is 0 Å². The van der Waals surface area contributed by atoms with Crippen molar-refractivity contribution in [2.75, 3.05) is 21.3 Å². The highest BCUT2D eigenvalue weighted by atomic mass is 31.1. The summed E-state index contributed by atoms with van der Waals surface area (Å²) in [5.41, 5.74) is -6.11. The van der Waals surface area contributed by atoms with Gasteiger partial charge in [0.25, 0.3) is 0 Å². The Bertz CT molecular complexity index is 851. The third kappa shape index (κ3) is 4.93. The number of hydrogen-bond donors (Lipinski definition) is 0. The summed E-state index contributed by atoms with van der Waals surface area (Å²) in [6.07, 6.45) is -10.3. The van der Waals surface area contributed by atoms with E-state index in [1.54, 1.807) is 0 Å². The zero-order chi connectivity index (χ0) is 22.0. The Morgan fingerprint density at radius 2 is 1.28 bits per heavy atom. The minimum absolute atomic E-state index is 0.0194. The van der Waals surface area contributed by atoms with Crippen LogP contribution in [0.25, 0.3) is 0 Å². The zero-order valence-corrected chi connectivity index (χ0v) is 16.3. The van der Waals surface area contributed by atoms with E-state index in [2.05, 4.69) is 0 Å². The van der Waals surface area contributed by atoms with E-state index in [9.17, 15) is 31.1 Å². The lowest BCUT2D eigenvalue weighted by Crippen LogP contribution is -2.20. The molecule has 4 nitrogen and oxygen atoms in total. The molecule has 0 radical (unpaired) electrons. The first-order valence-electron chi connectivity index (χ1n) is 7.82. The molecule has 29 heavy (non-hydrogen) atoms. The maximum atomic E-state index is 13.3. The van der Waals surface area contributed by atoms with Gasteiger partial charge in [-0.1, -0.05) is 6.07 Å². The zero-order valence-electron chi connectivity index (χ0n) is 15.3. The van der Waals surface area contributed by atoms with Crippen molar-refractivity contribution in [3.8, 4) is 17.2 Å². The van der Waals surface area contributed by atoms with Crippen molar-refractivity contribution in [3.05, 3.63) is 47.0 Å². The van der Waals surface area contributed by atoms with Gasteiger partial charge in [0.1, 0.15) is 17.2 Å². The first-order valence-corrected chi connectivity index (χ1v) is 8.82. The third-order valence-electron chi connectivity index (χ3n) is 3.86. The maximum Gasteiger partial charge on any atom is 0.417 e. The van der Waals surface area contributed by atoms with Crippen LogP contribution in [0.5, 0.6) is 17.2 Å². The van der Waals surface area contributed by atoms with E-state index in [4.69, 9.17) is 14.2 Å². The van der Waals surface area contributed by atoms with Gasteiger partial charge in [0.05, 0.1) is 37.8 Å². The third-order valence-corrected chi connectivity index (χ3v) is 5.08. The van der Waals surface area contributed by atoms with Crippen LogP contribution < -0.4 is 19.5 Å². The van der Waals surface area contributed by atoms with E-state index < -0.39 is 43.1 Å². The van der Waals surface area contributed by atoms with Crippen molar-refractivity contribution < 1.29 is 45.3 Å². The van der Waals surface area contributed by atoms with E-state index in [1.165, 1.54) is 33.5 Å². The Labute approximate surface area is 163 Å². The molecule has 1 unspecified atom stereocenters. The van der Waals surface area contributed by atoms with Gasteiger partial charge in [-0.05, 0) is 20.7 Å². The number of methoxy groups -OCH3 is 3. The topological polar surface area (TPSA) is 44.8 Å². The van der Waals surface area contributed by atoms with Gasteiger partial charge in [-0.3, -0.25) is 4.79 Å². The monoisotopic (exact) mass is 440 g/mol. The number of ether oxygens (including phenoxy) is 3. The highest BCUT2D eigenvalue weighted by molar-refractivity contribution is 7.66. The fourth-order valence-electron chi connectivity index (χ4n) is 2.57. The summed E-state index contributed by atoms with van der Waals surface area (Å²) >= 11 is 0. The molecule has 0 bridgehead atoms. The molecule has 0 N–H and O–H groups in total. The molecule has 11 heteroatoms. The number of benzene rings is 2. The van der Waals surface area contributed by atoms with Crippen molar-refractivity contribution in [2.45, 2.75) is 12.4 Å². The first kappa shape index (κ1) is 22.8. The van der Waals surface area contributed by atoms with Gasteiger partial charge in [-0.25, -0.2) is 0 Å². The standard InChI is InChI=1S/C18H15F6O4P/c1-26-9-7-12(27-2)15(13(8-9)28-3)29-16(25)14-10(17(19,20)21)5-4-6-11(14)18(22,23)24/h4-8,29H,1-3H3. The van der Waals surface area contributed by atoms with Crippen LogP contribution >= 0.6 is 8.58 Å². The van der Waals surface area contributed by atoms with Crippen LogP contribution in [0, 0.1) is 0 Å². The predicted octanol–water partition coefficient (Wildman–Crippen LogP) is 4.89. The van der Waals surface area contributed by atoms with E-state index in [0.717, 1.165) is 0 Å². The summed E-state index contributed by atoms with van der Waals surface area (Å²) in [6, 6.07) is 4.18. The summed E-state index contributed by atoms with van der Waals surface area (Å²) in [5, 5.41) is 0.0194.